The van der Waals surface area contributed by atoms with E-state index in [4.69, 9.17) is 23.2 Å². The van der Waals surface area contributed by atoms with Crippen LogP contribution in [-0.4, -0.2) is 26.9 Å². The molecule has 1 heterocycles. The smallest absolute Gasteiger partial charge is 0.219 e. The molecule has 4 nitrogen and oxygen atoms in total. The van der Waals surface area contributed by atoms with Crippen LogP contribution in [0.1, 0.15) is 32.2 Å². The van der Waals surface area contributed by atoms with Gasteiger partial charge in [-0.1, -0.05) is 43.1 Å². The summed E-state index contributed by atoms with van der Waals surface area (Å²) < 4.78 is 2.01. The van der Waals surface area contributed by atoms with Gasteiger partial charge in [-0.05, 0) is 23.6 Å². The van der Waals surface area contributed by atoms with Crippen molar-refractivity contribution in [2.45, 2.75) is 33.9 Å². The molecule has 1 amide bonds. The normalized spacial score (nSPS) is 11.0. The highest BCUT2D eigenvalue weighted by Gasteiger charge is 2.15. The van der Waals surface area contributed by atoms with Crippen molar-refractivity contribution in [3.8, 4) is 0 Å². The standard InChI is InChI=1S/C17H21Cl2N3O/c1-12(2)9-22(13(3)23)11-17-20-6-7-21(17)10-14-4-5-15(18)8-16(14)19/h4-8,12H,9-11H2,1-3H3. The van der Waals surface area contributed by atoms with E-state index >= 15 is 0 Å². The number of imidazole rings is 1. The van der Waals surface area contributed by atoms with E-state index in [1.54, 1.807) is 19.2 Å². The Bertz CT molecular complexity index is 682. The predicted octanol–water partition coefficient (Wildman–Crippen LogP) is 4.24. The molecule has 0 bridgehead atoms. The van der Waals surface area contributed by atoms with Crippen molar-refractivity contribution >= 4 is 29.1 Å². The molecule has 124 valence electrons. The summed E-state index contributed by atoms with van der Waals surface area (Å²) in [4.78, 5) is 18.0. The van der Waals surface area contributed by atoms with E-state index < -0.39 is 0 Å². The highest BCUT2D eigenvalue weighted by atomic mass is 35.5. The minimum absolute atomic E-state index is 0.0535. The Hall–Kier alpha value is -1.52. The zero-order valence-corrected chi connectivity index (χ0v) is 15.1. The van der Waals surface area contributed by atoms with E-state index in [0.29, 0.717) is 35.6 Å². The van der Waals surface area contributed by atoms with Gasteiger partial charge in [-0.25, -0.2) is 4.98 Å². The van der Waals surface area contributed by atoms with Crippen LogP contribution >= 0.6 is 23.2 Å². The maximum absolute atomic E-state index is 11.8. The van der Waals surface area contributed by atoms with Gasteiger partial charge < -0.3 is 9.47 Å². The summed E-state index contributed by atoms with van der Waals surface area (Å²) in [7, 11) is 0. The van der Waals surface area contributed by atoms with E-state index in [9.17, 15) is 4.79 Å². The van der Waals surface area contributed by atoms with E-state index in [-0.39, 0.29) is 5.91 Å². The summed E-state index contributed by atoms with van der Waals surface area (Å²) in [5.74, 6) is 1.30. The summed E-state index contributed by atoms with van der Waals surface area (Å²) in [6, 6.07) is 5.46. The average Bonchev–Trinajstić information content (AvgIpc) is 2.88. The van der Waals surface area contributed by atoms with Gasteiger partial charge in [-0.3, -0.25) is 4.79 Å². The van der Waals surface area contributed by atoms with Gasteiger partial charge in [-0.2, -0.15) is 0 Å². The molecule has 2 aromatic rings. The van der Waals surface area contributed by atoms with Crippen molar-refractivity contribution in [3.05, 3.63) is 52.0 Å². The minimum Gasteiger partial charge on any atom is -0.335 e. The zero-order chi connectivity index (χ0) is 17.0. The van der Waals surface area contributed by atoms with Crippen LogP contribution in [0.3, 0.4) is 0 Å². The third-order valence-corrected chi connectivity index (χ3v) is 4.11. The first-order valence-electron chi connectivity index (χ1n) is 7.56. The number of hydrogen-bond donors (Lipinski definition) is 0. The molecule has 0 saturated carbocycles. The summed E-state index contributed by atoms with van der Waals surface area (Å²) in [5, 5.41) is 1.24. The second-order valence-corrected chi connectivity index (χ2v) is 6.84. The maximum Gasteiger partial charge on any atom is 0.219 e. The van der Waals surface area contributed by atoms with Gasteiger partial charge in [0.15, 0.2) is 0 Å². The fourth-order valence-corrected chi connectivity index (χ4v) is 2.85. The van der Waals surface area contributed by atoms with E-state index in [0.717, 1.165) is 11.4 Å². The fourth-order valence-electron chi connectivity index (χ4n) is 2.39. The third-order valence-electron chi connectivity index (χ3n) is 3.52. The van der Waals surface area contributed by atoms with Crippen molar-refractivity contribution in [1.82, 2.24) is 14.5 Å². The molecule has 0 saturated heterocycles. The Morgan fingerprint density at radius 1 is 1.35 bits per heavy atom. The molecule has 0 N–H and O–H groups in total. The second-order valence-electron chi connectivity index (χ2n) is 6.00. The first kappa shape index (κ1) is 17.8. The highest BCUT2D eigenvalue weighted by molar-refractivity contribution is 6.35. The van der Waals surface area contributed by atoms with Crippen molar-refractivity contribution in [1.29, 1.82) is 0 Å². The first-order chi connectivity index (χ1) is 10.9. The molecule has 1 aromatic carbocycles. The maximum atomic E-state index is 11.8. The van der Waals surface area contributed by atoms with Crippen LogP contribution in [0.5, 0.6) is 0 Å². The molecule has 0 aliphatic heterocycles. The van der Waals surface area contributed by atoms with Crippen LogP contribution in [0.4, 0.5) is 0 Å². The van der Waals surface area contributed by atoms with Gasteiger partial charge >= 0.3 is 0 Å². The van der Waals surface area contributed by atoms with Crippen molar-refractivity contribution in [2.24, 2.45) is 5.92 Å². The van der Waals surface area contributed by atoms with Crippen LogP contribution in [-0.2, 0) is 17.9 Å². The zero-order valence-electron chi connectivity index (χ0n) is 13.6. The first-order valence-corrected chi connectivity index (χ1v) is 8.32. The van der Waals surface area contributed by atoms with Crippen molar-refractivity contribution < 1.29 is 4.79 Å². The molecular formula is C17H21Cl2N3O. The molecule has 0 aliphatic carbocycles. The van der Waals surface area contributed by atoms with Gasteiger partial charge in [-0.15, -0.1) is 0 Å². The number of carbonyl (C=O) groups excluding carboxylic acids is 1. The number of hydrogen-bond acceptors (Lipinski definition) is 2. The lowest BCUT2D eigenvalue weighted by Gasteiger charge is -2.23. The molecule has 0 unspecified atom stereocenters. The lowest BCUT2D eigenvalue weighted by molar-refractivity contribution is -0.130. The largest absolute Gasteiger partial charge is 0.335 e. The number of rotatable bonds is 6. The molecule has 2 rings (SSSR count). The predicted molar refractivity (Wildman–Crippen MR) is 93.7 cm³/mol. The van der Waals surface area contributed by atoms with Crippen LogP contribution in [0.15, 0.2) is 30.6 Å². The van der Waals surface area contributed by atoms with E-state index in [1.807, 2.05) is 27.8 Å². The van der Waals surface area contributed by atoms with Gasteiger partial charge in [0.05, 0.1) is 13.1 Å². The Morgan fingerprint density at radius 2 is 2.09 bits per heavy atom. The Morgan fingerprint density at radius 3 is 2.70 bits per heavy atom. The van der Waals surface area contributed by atoms with Crippen LogP contribution in [0.2, 0.25) is 10.0 Å². The number of aromatic nitrogens is 2. The van der Waals surface area contributed by atoms with E-state index in [2.05, 4.69) is 18.8 Å². The molecule has 0 atom stereocenters. The summed E-state index contributed by atoms with van der Waals surface area (Å²) >= 11 is 12.2. The van der Waals surface area contributed by atoms with Gasteiger partial charge in [0.1, 0.15) is 5.82 Å². The SMILES string of the molecule is CC(=O)N(Cc1nccn1Cc1ccc(Cl)cc1Cl)CC(C)C. The highest BCUT2D eigenvalue weighted by Crippen LogP contribution is 2.22. The summed E-state index contributed by atoms with van der Waals surface area (Å²) in [6.45, 7) is 7.58. The molecule has 6 heteroatoms. The Labute approximate surface area is 147 Å². The summed E-state index contributed by atoms with van der Waals surface area (Å²) in [6.07, 6.45) is 3.64. The minimum atomic E-state index is 0.0535. The van der Waals surface area contributed by atoms with Gasteiger partial charge in [0.25, 0.3) is 0 Å². The van der Waals surface area contributed by atoms with Crippen LogP contribution in [0, 0.1) is 5.92 Å². The molecule has 0 aliphatic rings. The number of halogens is 2. The van der Waals surface area contributed by atoms with E-state index in [1.165, 1.54) is 0 Å². The monoisotopic (exact) mass is 353 g/mol. The van der Waals surface area contributed by atoms with Gasteiger partial charge in [0.2, 0.25) is 5.91 Å². The van der Waals surface area contributed by atoms with Crippen LogP contribution in [0.25, 0.3) is 0 Å². The Kier molecular flexibility index (Phi) is 6.08. The van der Waals surface area contributed by atoms with Crippen LogP contribution < -0.4 is 0 Å². The Balaban J connectivity index is 2.17. The molecule has 1 aromatic heterocycles. The number of nitrogens with zero attached hydrogens (tertiary/aromatic N) is 3. The quantitative estimate of drug-likeness (QED) is 0.778. The topological polar surface area (TPSA) is 38.1 Å². The van der Waals surface area contributed by atoms with Crippen molar-refractivity contribution in [2.75, 3.05) is 6.54 Å². The number of amides is 1. The lowest BCUT2D eigenvalue weighted by Crippen LogP contribution is -2.32. The van der Waals surface area contributed by atoms with Gasteiger partial charge in [0, 0.05) is 35.9 Å². The molecular weight excluding hydrogens is 333 g/mol. The molecule has 0 radical (unpaired) electrons. The molecule has 0 spiro atoms. The lowest BCUT2D eigenvalue weighted by atomic mass is 10.2. The molecule has 0 fully saturated rings. The fraction of sp³-hybridized carbons (Fsp3) is 0.412. The van der Waals surface area contributed by atoms with Crippen molar-refractivity contribution in [3.63, 3.8) is 0 Å². The average molecular weight is 354 g/mol. The number of benzene rings is 1. The third kappa shape index (κ3) is 4.98. The summed E-state index contributed by atoms with van der Waals surface area (Å²) in [5.41, 5.74) is 0.966. The second kappa shape index (κ2) is 7.84. The molecule has 23 heavy (non-hydrogen) atoms. The number of carbonyl (C=O) groups is 1.